The molecule has 182 valence electrons. The van der Waals surface area contributed by atoms with Gasteiger partial charge >= 0.3 is 11.8 Å². The summed E-state index contributed by atoms with van der Waals surface area (Å²) in [5, 5.41) is 9.17. The van der Waals surface area contributed by atoms with E-state index in [1.54, 1.807) is 31.2 Å². The van der Waals surface area contributed by atoms with Gasteiger partial charge in [-0.3, -0.25) is 14.4 Å². The molecule has 3 amide bonds. The molecule has 11 heteroatoms. The maximum Gasteiger partial charge on any atom is 0.329 e. The van der Waals surface area contributed by atoms with Gasteiger partial charge in [-0.2, -0.15) is 5.10 Å². The van der Waals surface area contributed by atoms with Crippen LogP contribution in [0.15, 0.2) is 46.0 Å². The first kappa shape index (κ1) is 27.6. The maximum atomic E-state index is 12.3. The Bertz CT molecular complexity index is 1050. The lowest BCUT2D eigenvalue weighted by atomic mass is 10.2. The quantitative estimate of drug-likeness (QED) is 0.157. The highest BCUT2D eigenvalue weighted by Crippen LogP contribution is 2.34. The molecular weight excluding hydrogens is 619 g/mol. The average Bonchev–Trinajstić information content (AvgIpc) is 2.80. The molecule has 0 unspecified atom stereocenters. The molecule has 2 aromatic rings. The summed E-state index contributed by atoms with van der Waals surface area (Å²) < 4.78 is 13.0. The molecule has 9 nitrogen and oxygen atoms in total. The van der Waals surface area contributed by atoms with Gasteiger partial charge in [0.15, 0.2) is 18.1 Å². The van der Waals surface area contributed by atoms with Crippen molar-refractivity contribution in [2.24, 2.45) is 5.10 Å². The van der Waals surface area contributed by atoms with E-state index in [-0.39, 0.29) is 18.6 Å². The highest BCUT2D eigenvalue weighted by molar-refractivity contribution is 14.1. The van der Waals surface area contributed by atoms with Gasteiger partial charge in [0.05, 0.1) is 16.4 Å². The number of hydrogen-bond acceptors (Lipinski definition) is 6. The predicted octanol–water partition coefficient (Wildman–Crippen LogP) is 3.83. The van der Waals surface area contributed by atoms with Crippen LogP contribution in [0.3, 0.4) is 0 Å². The van der Waals surface area contributed by atoms with Gasteiger partial charge in [0.1, 0.15) is 0 Å². The molecule has 0 aliphatic carbocycles. The number of rotatable bonds is 10. The third kappa shape index (κ3) is 8.93. The van der Waals surface area contributed by atoms with Gasteiger partial charge in [0.2, 0.25) is 0 Å². The molecule has 0 fully saturated rings. The van der Waals surface area contributed by atoms with Gasteiger partial charge in [-0.15, -0.1) is 0 Å². The second kappa shape index (κ2) is 13.9. The summed E-state index contributed by atoms with van der Waals surface area (Å²) in [5.41, 5.74) is 3.47. The summed E-state index contributed by atoms with van der Waals surface area (Å²) in [6, 6.07) is 10.5. The third-order valence-electron chi connectivity index (χ3n) is 4.38. The molecule has 0 saturated heterocycles. The number of nitrogens with zero attached hydrogens (tertiary/aromatic N) is 1. The van der Waals surface area contributed by atoms with E-state index in [1.807, 2.05) is 26.0 Å². The zero-order valence-corrected chi connectivity index (χ0v) is 22.7. The molecule has 2 aromatic carbocycles. The van der Waals surface area contributed by atoms with Crippen molar-refractivity contribution in [2.45, 2.75) is 33.2 Å². The van der Waals surface area contributed by atoms with Crippen LogP contribution >= 0.6 is 38.5 Å². The zero-order valence-electron chi connectivity index (χ0n) is 19.0. The average molecular weight is 645 g/mol. The van der Waals surface area contributed by atoms with E-state index in [9.17, 15) is 14.4 Å². The topological polar surface area (TPSA) is 118 Å². The van der Waals surface area contributed by atoms with E-state index in [2.05, 4.69) is 59.7 Å². The Labute approximate surface area is 220 Å². The van der Waals surface area contributed by atoms with Gasteiger partial charge in [-0.1, -0.05) is 22.9 Å². The molecule has 0 spiro atoms. The van der Waals surface area contributed by atoms with Crippen molar-refractivity contribution >= 4 is 68.1 Å². The molecule has 2 rings (SSSR count). The molecule has 0 heterocycles. The number of anilines is 1. The monoisotopic (exact) mass is 644 g/mol. The lowest BCUT2D eigenvalue weighted by Gasteiger charge is -2.14. The molecule has 0 aliphatic heterocycles. The smallest absolute Gasteiger partial charge is 0.329 e. The zero-order chi connectivity index (χ0) is 25.1. The Kier molecular flexibility index (Phi) is 11.3. The van der Waals surface area contributed by atoms with Gasteiger partial charge in [0.25, 0.3) is 5.91 Å². The van der Waals surface area contributed by atoms with Crippen LogP contribution in [0, 0.1) is 3.57 Å². The minimum Gasteiger partial charge on any atom is -0.490 e. The van der Waals surface area contributed by atoms with E-state index in [0.717, 1.165) is 4.47 Å². The first-order chi connectivity index (χ1) is 16.2. The summed E-state index contributed by atoms with van der Waals surface area (Å²) in [7, 11) is 0. The number of carbonyl (C=O) groups is 3. The van der Waals surface area contributed by atoms with Crippen LogP contribution < -0.4 is 25.5 Å². The molecule has 0 saturated carbocycles. The summed E-state index contributed by atoms with van der Waals surface area (Å²) in [4.78, 5) is 35.9. The minimum absolute atomic E-state index is 0.109. The van der Waals surface area contributed by atoms with Crippen LogP contribution in [0.5, 0.6) is 11.5 Å². The Hall–Kier alpha value is -2.67. The summed E-state index contributed by atoms with van der Waals surface area (Å²) >= 11 is 5.41. The number of ether oxygens (including phenoxy) is 2. The number of benzene rings is 2. The first-order valence-electron chi connectivity index (χ1n) is 10.5. The number of hydrazone groups is 1. The number of nitrogens with one attached hydrogen (secondary N) is 3. The van der Waals surface area contributed by atoms with E-state index >= 15 is 0 Å². The van der Waals surface area contributed by atoms with E-state index in [1.165, 1.54) is 6.21 Å². The summed E-state index contributed by atoms with van der Waals surface area (Å²) in [6.07, 6.45) is 2.10. The number of amides is 3. The molecule has 0 aliphatic rings. The maximum absolute atomic E-state index is 12.3. The predicted molar refractivity (Wildman–Crippen MR) is 142 cm³/mol. The molecule has 0 aromatic heterocycles. The molecule has 34 heavy (non-hydrogen) atoms. The van der Waals surface area contributed by atoms with Crippen molar-refractivity contribution in [3.8, 4) is 11.5 Å². The Morgan fingerprint density at radius 1 is 1.12 bits per heavy atom. The van der Waals surface area contributed by atoms with Gasteiger partial charge in [-0.25, -0.2) is 5.43 Å². The van der Waals surface area contributed by atoms with Gasteiger partial charge < -0.3 is 20.1 Å². The highest BCUT2D eigenvalue weighted by atomic mass is 127. The normalized spacial score (nSPS) is 11.6. The fourth-order valence-electron chi connectivity index (χ4n) is 2.54. The SMILES string of the molecule is CCOc1cc(/C=N\NC(=O)C(=O)N[C@H](C)CC)cc(I)c1OCC(=O)Nc1ccc(Br)cc1. The fraction of sp³-hybridized carbons (Fsp3) is 0.304. The Morgan fingerprint density at radius 3 is 2.47 bits per heavy atom. The van der Waals surface area contributed by atoms with E-state index in [0.29, 0.717) is 39.3 Å². The second-order valence-corrected chi connectivity index (χ2v) is 9.17. The molecular formula is C23H26BrIN4O5. The lowest BCUT2D eigenvalue weighted by molar-refractivity contribution is -0.139. The Morgan fingerprint density at radius 2 is 1.82 bits per heavy atom. The largest absolute Gasteiger partial charge is 0.490 e. The van der Waals surface area contributed by atoms with Crippen molar-refractivity contribution in [3.05, 3.63) is 50.0 Å². The van der Waals surface area contributed by atoms with Crippen LogP contribution in [0.25, 0.3) is 0 Å². The summed E-state index contributed by atoms with van der Waals surface area (Å²) in [6.45, 7) is 5.71. The van der Waals surface area contributed by atoms with Crippen molar-refractivity contribution in [3.63, 3.8) is 0 Å². The van der Waals surface area contributed by atoms with Crippen molar-refractivity contribution in [1.82, 2.24) is 10.7 Å². The fourth-order valence-corrected chi connectivity index (χ4v) is 3.59. The van der Waals surface area contributed by atoms with Gasteiger partial charge in [0, 0.05) is 16.2 Å². The first-order valence-corrected chi connectivity index (χ1v) is 12.4. The van der Waals surface area contributed by atoms with Crippen LogP contribution in [0.4, 0.5) is 5.69 Å². The van der Waals surface area contributed by atoms with Gasteiger partial charge in [-0.05, 0) is 84.8 Å². The molecule has 0 radical (unpaired) electrons. The second-order valence-electron chi connectivity index (χ2n) is 7.09. The van der Waals surface area contributed by atoms with Crippen molar-refractivity contribution < 1.29 is 23.9 Å². The van der Waals surface area contributed by atoms with Crippen molar-refractivity contribution in [2.75, 3.05) is 18.5 Å². The van der Waals surface area contributed by atoms with Crippen LogP contribution in [-0.2, 0) is 14.4 Å². The molecule has 1 atom stereocenters. The highest BCUT2D eigenvalue weighted by Gasteiger charge is 2.16. The lowest BCUT2D eigenvalue weighted by Crippen LogP contribution is -2.41. The van der Waals surface area contributed by atoms with Crippen LogP contribution in [0.2, 0.25) is 0 Å². The standard InChI is InChI=1S/C23H26BrIN4O5/c1-4-14(3)27-22(31)23(32)29-26-12-15-10-18(25)21(19(11-15)33-5-2)34-13-20(30)28-17-8-6-16(24)7-9-17/h6-12,14H,4-5,13H2,1-3H3,(H,27,31)(H,28,30)(H,29,32)/b26-12-/t14-/m1/s1. The molecule has 0 bridgehead atoms. The van der Waals surface area contributed by atoms with Crippen LogP contribution in [-0.4, -0.2) is 43.2 Å². The minimum atomic E-state index is -0.854. The van der Waals surface area contributed by atoms with E-state index in [4.69, 9.17) is 9.47 Å². The summed E-state index contributed by atoms with van der Waals surface area (Å²) in [5.74, 6) is -1.07. The number of carbonyl (C=O) groups excluding carboxylic acids is 3. The van der Waals surface area contributed by atoms with Crippen LogP contribution in [0.1, 0.15) is 32.8 Å². The van der Waals surface area contributed by atoms with Crippen molar-refractivity contribution in [1.29, 1.82) is 0 Å². The third-order valence-corrected chi connectivity index (χ3v) is 5.71. The number of hydrogen-bond donors (Lipinski definition) is 3. The van der Waals surface area contributed by atoms with E-state index < -0.39 is 11.8 Å². The number of halogens is 2. The molecule has 3 N–H and O–H groups in total. The Balaban J connectivity index is 2.03.